The number of fused-ring (bicyclic) bond motifs is 1. The molecule has 2 aliphatic heterocycles. The molecule has 0 spiro atoms. The highest BCUT2D eigenvalue weighted by molar-refractivity contribution is 5.03. The van der Waals surface area contributed by atoms with Crippen LogP contribution in [0.1, 0.15) is 51.9 Å². The summed E-state index contributed by atoms with van der Waals surface area (Å²) in [6.45, 7) is 8.46. The van der Waals surface area contributed by atoms with Crippen LogP contribution in [0.3, 0.4) is 0 Å². The molecular weight excluding hydrogens is 234 g/mol. The van der Waals surface area contributed by atoms with Gasteiger partial charge >= 0.3 is 0 Å². The van der Waals surface area contributed by atoms with Crippen molar-refractivity contribution >= 4 is 0 Å². The van der Waals surface area contributed by atoms with Gasteiger partial charge in [0.05, 0.1) is 0 Å². The van der Waals surface area contributed by atoms with Crippen LogP contribution in [0.25, 0.3) is 0 Å². The lowest BCUT2D eigenvalue weighted by Gasteiger charge is -2.45. The zero-order chi connectivity index (χ0) is 13.3. The number of nitrogens with two attached hydrogens (primary N) is 1. The molecule has 0 bridgehead atoms. The van der Waals surface area contributed by atoms with Crippen molar-refractivity contribution in [2.24, 2.45) is 11.7 Å². The zero-order valence-corrected chi connectivity index (χ0v) is 12.6. The van der Waals surface area contributed by atoms with Gasteiger partial charge in [-0.3, -0.25) is 9.80 Å². The first-order valence-electron chi connectivity index (χ1n) is 8.49. The second kappa shape index (κ2) is 5.71. The van der Waals surface area contributed by atoms with Crippen LogP contribution < -0.4 is 5.73 Å². The smallest absolute Gasteiger partial charge is 0.0360 e. The third kappa shape index (κ3) is 2.34. The molecule has 110 valence electrons. The lowest BCUT2D eigenvalue weighted by atomic mass is 9.83. The molecule has 0 aromatic carbocycles. The van der Waals surface area contributed by atoms with E-state index in [9.17, 15) is 0 Å². The normalized spacial score (nSPS) is 41.4. The van der Waals surface area contributed by atoms with Crippen molar-refractivity contribution in [1.29, 1.82) is 0 Å². The maximum atomic E-state index is 6.30. The Balaban J connectivity index is 1.78. The van der Waals surface area contributed by atoms with E-state index >= 15 is 0 Å². The van der Waals surface area contributed by atoms with E-state index in [4.69, 9.17) is 5.73 Å². The number of hydrogen-bond donors (Lipinski definition) is 1. The fourth-order valence-electron chi connectivity index (χ4n) is 5.14. The Kier molecular flexibility index (Phi) is 4.16. The Hall–Kier alpha value is -0.120. The molecule has 1 saturated carbocycles. The molecule has 3 heteroatoms. The monoisotopic (exact) mass is 265 g/mol. The summed E-state index contributed by atoms with van der Waals surface area (Å²) in [5.41, 5.74) is 6.64. The van der Waals surface area contributed by atoms with E-state index < -0.39 is 0 Å². The molecule has 3 nitrogen and oxygen atoms in total. The molecule has 0 aromatic heterocycles. The Morgan fingerprint density at radius 1 is 1.11 bits per heavy atom. The summed E-state index contributed by atoms with van der Waals surface area (Å²) in [5, 5.41) is 0. The van der Waals surface area contributed by atoms with Crippen LogP contribution in [-0.2, 0) is 0 Å². The second-order valence-corrected chi connectivity index (χ2v) is 6.94. The highest BCUT2D eigenvalue weighted by Gasteiger charge is 2.46. The average Bonchev–Trinajstić information content (AvgIpc) is 3.01. The first kappa shape index (κ1) is 13.8. The van der Waals surface area contributed by atoms with Crippen LogP contribution in [0.15, 0.2) is 0 Å². The van der Waals surface area contributed by atoms with Crippen molar-refractivity contribution in [3.05, 3.63) is 0 Å². The van der Waals surface area contributed by atoms with Crippen LogP contribution in [-0.4, -0.2) is 54.1 Å². The van der Waals surface area contributed by atoms with E-state index in [1.165, 1.54) is 71.1 Å². The van der Waals surface area contributed by atoms with Gasteiger partial charge in [0, 0.05) is 31.2 Å². The van der Waals surface area contributed by atoms with Crippen molar-refractivity contribution in [1.82, 2.24) is 9.80 Å². The van der Waals surface area contributed by atoms with Crippen molar-refractivity contribution in [2.75, 3.05) is 32.7 Å². The molecule has 2 saturated heterocycles. The van der Waals surface area contributed by atoms with Gasteiger partial charge in [0.2, 0.25) is 0 Å². The van der Waals surface area contributed by atoms with Gasteiger partial charge in [0.1, 0.15) is 0 Å². The number of rotatable bonds is 3. The van der Waals surface area contributed by atoms with Gasteiger partial charge in [-0.15, -0.1) is 0 Å². The molecule has 1 aliphatic carbocycles. The van der Waals surface area contributed by atoms with Crippen LogP contribution in [0, 0.1) is 5.92 Å². The summed E-state index contributed by atoms with van der Waals surface area (Å²) in [5.74, 6) is 0.838. The molecule has 3 atom stereocenters. The van der Waals surface area contributed by atoms with Crippen molar-refractivity contribution in [3.63, 3.8) is 0 Å². The summed E-state index contributed by atoms with van der Waals surface area (Å²) in [4.78, 5) is 5.56. The van der Waals surface area contributed by atoms with Crippen molar-refractivity contribution < 1.29 is 0 Å². The second-order valence-electron chi connectivity index (χ2n) is 6.94. The fraction of sp³-hybridized carbons (Fsp3) is 1.00. The van der Waals surface area contributed by atoms with Crippen LogP contribution in [0.5, 0.6) is 0 Å². The van der Waals surface area contributed by atoms with E-state index in [0.717, 1.165) is 18.5 Å². The molecule has 3 aliphatic rings. The topological polar surface area (TPSA) is 32.5 Å². The summed E-state index contributed by atoms with van der Waals surface area (Å²) < 4.78 is 0. The molecule has 19 heavy (non-hydrogen) atoms. The average molecular weight is 265 g/mol. The van der Waals surface area contributed by atoms with Crippen molar-refractivity contribution in [2.45, 2.75) is 63.5 Å². The third-order valence-electron chi connectivity index (χ3n) is 6.20. The van der Waals surface area contributed by atoms with Crippen LogP contribution in [0.4, 0.5) is 0 Å². The Morgan fingerprint density at radius 3 is 2.74 bits per heavy atom. The SMILES string of the molecule is CCC1CCCC1(CN)N1CCCN2CCCC2C1. The standard InChI is InChI=1S/C16H31N3/c1-2-14-6-3-8-16(14,13-17)19-11-5-10-18-9-4-7-15(18)12-19/h14-15H,2-13,17H2,1H3. The summed E-state index contributed by atoms with van der Waals surface area (Å²) in [6.07, 6.45) is 9.60. The van der Waals surface area contributed by atoms with Gasteiger partial charge in [-0.25, -0.2) is 0 Å². The number of hydrogen-bond acceptors (Lipinski definition) is 3. The fourth-order valence-corrected chi connectivity index (χ4v) is 5.14. The van der Waals surface area contributed by atoms with Gasteiger partial charge in [-0.1, -0.05) is 19.8 Å². The summed E-state index contributed by atoms with van der Waals surface area (Å²) in [6, 6.07) is 0.823. The van der Waals surface area contributed by atoms with Crippen LogP contribution >= 0.6 is 0 Å². The summed E-state index contributed by atoms with van der Waals surface area (Å²) in [7, 11) is 0. The predicted octanol–water partition coefficient (Wildman–Crippen LogP) is 2.06. The predicted molar refractivity (Wildman–Crippen MR) is 80.2 cm³/mol. The van der Waals surface area contributed by atoms with Crippen molar-refractivity contribution in [3.8, 4) is 0 Å². The van der Waals surface area contributed by atoms with Gasteiger partial charge in [-0.2, -0.15) is 0 Å². The maximum Gasteiger partial charge on any atom is 0.0360 e. The van der Waals surface area contributed by atoms with Gasteiger partial charge in [0.15, 0.2) is 0 Å². The third-order valence-corrected chi connectivity index (χ3v) is 6.20. The first-order chi connectivity index (χ1) is 9.30. The highest BCUT2D eigenvalue weighted by Crippen LogP contribution is 2.42. The first-order valence-corrected chi connectivity index (χ1v) is 8.49. The molecule has 3 fully saturated rings. The van der Waals surface area contributed by atoms with E-state index in [0.29, 0.717) is 5.54 Å². The lowest BCUT2D eigenvalue weighted by molar-refractivity contribution is 0.0492. The molecule has 2 heterocycles. The summed E-state index contributed by atoms with van der Waals surface area (Å²) >= 11 is 0. The largest absolute Gasteiger partial charge is 0.329 e. The van der Waals surface area contributed by atoms with E-state index in [2.05, 4.69) is 16.7 Å². The van der Waals surface area contributed by atoms with Gasteiger partial charge < -0.3 is 5.73 Å². The molecular formula is C16H31N3. The number of nitrogens with zero attached hydrogens (tertiary/aromatic N) is 2. The molecule has 2 N–H and O–H groups in total. The Bertz CT molecular complexity index is 306. The minimum absolute atomic E-state index is 0.341. The minimum atomic E-state index is 0.341. The van der Waals surface area contributed by atoms with Crippen LogP contribution in [0.2, 0.25) is 0 Å². The lowest BCUT2D eigenvalue weighted by Crippen LogP contribution is -2.58. The van der Waals surface area contributed by atoms with Gasteiger partial charge in [0.25, 0.3) is 0 Å². The molecule has 0 radical (unpaired) electrons. The molecule has 3 rings (SSSR count). The molecule has 0 amide bonds. The molecule has 0 aromatic rings. The van der Waals surface area contributed by atoms with Gasteiger partial charge in [-0.05, 0) is 51.1 Å². The zero-order valence-electron chi connectivity index (χ0n) is 12.6. The van der Waals surface area contributed by atoms with E-state index in [-0.39, 0.29) is 0 Å². The maximum absolute atomic E-state index is 6.30. The van der Waals surface area contributed by atoms with E-state index in [1.807, 2.05) is 0 Å². The Morgan fingerprint density at radius 2 is 1.95 bits per heavy atom. The quantitative estimate of drug-likeness (QED) is 0.848. The molecule has 3 unspecified atom stereocenters. The highest BCUT2D eigenvalue weighted by atomic mass is 15.3. The Labute approximate surface area is 118 Å². The van der Waals surface area contributed by atoms with E-state index in [1.54, 1.807) is 0 Å². The minimum Gasteiger partial charge on any atom is -0.329 e.